The molecule has 1 saturated carbocycles. The van der Waals surface area contributed by atoms with E-state index in [0.29, 0.717) is 16.7 Å². The minimum Gasteiger partial charge on any atom is -0.479 e. The summed E-state index contributed by atoms with van der Waals surface area (Å²) >= 11 is 0. The molecule has 1 aromatic carbocycles. The minimum atomic E-state index is 0. The van der Waals surface area contributed by atoms with Crippen molar-refractivity contribution >= 4 is 18.1 Å². The van der Waals surface area contributed by atoms with Crippen LogP contribution in [0.1, 0.15) is 71.8 Å². The molecule has 0 amide bonds. The molecule has 1 heterocycles. The van der Waals surface area contributed by atoms with Gasteiger partial charge in [0.15, 0.2) is 6.61 Å². The first-order valence-corrected chi connectivity index (χ1v) is 11.3. The third kappa shape index (κ3) is 6.28. The van der Waals surface area contributed by atoms with Crippen LogP contribution in [-0.2, 0) is 0 Å². The molecule has 30 heavy (non-hydrogen) atoms. The molecule has 0 radical (unpaired) electrons. The number of piperazine rings is 1. The maximum Gasteiger partial charge on any atom is 0.174 e. The number of anilines is 1. The average molecular weight is 434 g/mol. The number of halogens is 1. The van der Waals surface area contributed by atoms with E-state index in [1.165, 1.54) is 43.5 Å². The minimum absolute atomic E-state index is 0. The zero-order valence-electron chi connectivity index (χ0n) is 19.5. The molecule has 1 aromatic rings. The van der Waals surface area contributed by atoms with E-state index in [9.17, 15) is 0 Å². The van der Waals surface area contributed by atoms with E-state index in [1.807, 2.05) is 0 Å². The molecule has 0 spiro atoms. The molecule has 2 fully saturated rings. The van der Waals surface area contributed by atoms with Gasteiger partial charge in [0.1, 0.15) is 11.8 Å². The summed E-state index contributed by atoms with van der Waals surface area (Å²) in [6, 6.07) is 8.63. The van der Waals surface area contributed by atoms with Gasteiger partial charge in [-0.25, -0.2) is 0 Å². The lowest BCUT2D eigenvalue weighted by Crippen LogP contribution is -2.47. The van der Waals surface area contributed by atoms with Crippen molar-refractivity contribution in [2.24, 2.45) is 10.8 Å². The number of benzene rings is 1. The van der Waals surface area contributed by atoms with Crippen molar-refractivity contribution in [2.45, 2.75) is 66.2 Å². The van der Waals surface area contributed by atoms with Crippen molar-refractivity contribution in [3.05, 3.63) is 23.8 Å². The van der Waals surface area contributed by atoms with Gasteiger partial charge in [0.05, 0.1) is 0 Å². The highest BCUT2D eigenvalue weighted by Gasteiger charge is 2.40. The number of hydrogen-bond donors (Lipinski definition) is 0. The lowest BCUT2D eigenvalue weighted by Gasteiger charge is -2.46. The molecule has 0 N–H and O–H groups in total. The third-order valence-electron chi connectivity index (χ3n) is 6.55. The normalized spacial score (nSPS) is 21.5. The molecule has 5 heteroatoms. The van der Waals surface area contributed by atoms with E-state index in [4.69, 9.17) is 10.00 Å². The highest BCUT2D eigenvalue weighted by atomic mass is 35.5. The van der Waals surface area contributed by atoms with Gasteiger partial charge in [-0.3, -0.25) is 4.90 Å². The van der Waals surface area contributed by atoms with Crippen LogP contribution in [-0.4, -0.2) is 44.2 Å². The van der Waals surface area contributed by atoms with Gasteiger partial charge in [-0.1, -0.05) is 40.7 Å². The molecule has 2 aliphatic rings. The number of rotatable bonds is 6. The van der Waals surface area contributed by atoms with E-state index in [-0.39, 0.29) is 19.0 Å². The van der Waals surface area contributed by atoms with E-state index in [1.54, 1.807) is 0 Å². The van der Waals surface area contributed by atoms with Crippen molar-refractivity contribution in [3.63, 3.8) is 0 Å². The van der Waals surface area contributed by atoms with Crippen LogP contribution in [0.3, 0.4) is 0 Å². The molecule has 1 aliphatic carbocycles. The van der Waals surface area contributed by atoms with Crippen LogP contribution in [0.15, 0.2) is 18.2 Å². The Balaban J connectivity index is 0.00000320. The number of nitriles is 1. The molecule has 0 bridgehead atoms. The second kappa shape index (κ2) is 10.2. The molecular formula is C25H40ClN3O. The van der Waals surface area contributed by atoms with Crippen molar-refractivity contribution in [1.82, 2.24) is 4.90 Å². The summed E-state index contributed by atoms with van der Waals surface area (Å²) < 4.78 is 5.67. The largest absolute Gasteiger partial charge is 0.479 e. The first-order chi connectivity index (χ1) is 13.7. The molecule has 0 unspecified atom stereocenters. The molecule has 4 nitrogen and oxygen atoms in total. The second-order valence-electron chi connectivity index (χ2n) is 10.6. The average Bonchev–Trinajstić information content (AvgIpc) is 2.64. The van der Waals surface area contributed by atoms with Crippen molar-refractivity contribution < 1.29 is 4.74 Å². The fourth-order valence-corrected chi connectivity index (χ4v) is 5.94. The van der Waals surface area contributed by atoms with Gasteiger partial charge in [0.25, 0.3) is 0 Å². The summed E-state index contributed by atoms with van der Waals surface area (Å²) in [6.07, 6.45) is 4.97. The Morgan fingerprint density at radius 3 is 2.27 bits per heavy atom. The lowest BCUT2D eigenvalue weighted by atomic mass is 9.60. The predicted octanol–water partition coefficient (Wildman–Crippen LogP) is 5.86. The van der Waals surface area contributed by atoms with Gasteiger partial charge in [0.2, 0.25) is 0 Å². The molecule has 1 aliphatic heterocycles. The van der Waals surface area contributed by atoms with Crippen LogP contribution >= 0.6 is 12.4 Å². The first kappa shape index (κ1) is 24.8. The van der Waals surface area contributed by atoms with Crippen molar-refractivity contribution in [1.29, 1.82) is 5.26 Å². The standard InChI is InChI=1S/C25H39N3O.ClH/c1-6-10-27-11-13-28(14-12-27)23-16-21(29-15-9-26)7-8-22(23)20-17-24(2,3)19-25(4,5)18-20;/h7-8,16,20H,6,10-15,17-19H2,1-5H3;1H. The maximum atomic E-state index is 8.91. The van der Waals surface area contributed by atoms with Crippen LogP contribution in [0.25, 0.3) is 0 Å². The van der Waals surface area contributed by atoms with E-state index in [2.05, 4.69) is 68.7 Å². The van der Waals surface area contributed by atoms with Gasteiger partial charge in [-0.2, -0.15) is 5.26 Å². The Hall–Kier alpha value is -1.44. The van der Waals surface area contributed by atoms with Crippen LogP contribution in [0.5, 0.6) is 5.75 Å². The quantitative estimate of drug-likeness (QED) is 0.563. The number of nitrogens with zero attached hydrogens (tertiary/aromatic N) is 3. The van der Waals surface area contributed by atoms with Gasteiger partial charge in [0, 0.05) is 37.9 Å². The Kier molecular flexibility index (Phi) is 8.48. The molecule has 168 valence electrons. The Labute approximate surface area is 190 Å². The topological polar surface area (TPSA) is 39.5 Å². The van der Waals surface area contributed by atoms with E-state index in [0.717, 1.165) is 31.9 Å². The molecule has 0 aromatic heterocycles. The summed E-state index contributed by atoms with van der Waals surface area (Å²) in [4.78, 5) is 5.12. The van der Waals surface area contributed by atoms with E-state index < -0.39 is 0 Å². The Morgan fingerprint density at radius 2 is 1.70 bits per heavy atom. The van der Waals surface area contributed by atoms with Crippen LogP contribution in [0.2, 0.25) is 0 Å². The molecule has 1 saturated heterocycles. The van der Waals surface area contributed by atoms with E-state index >= 15 is 0 Å². The maximum absolute atomic E-state index is 8.91. The highest BCUT2D eigenvalue weighted by Crippen LogP contribution is 2.53. The van der Waals surface area contributed by atoms with Crippen molar-refractivity contribution in [2.75, 3.05) is 44.2 Å². The van der Waals surface area contributed by atoms with Crippen LogP contribution in [0.4, 0.5) is 5.69 Å². The van der Waals surface area contributed by atoms with Gasteiger partial charge >= 0.3 is 0 Å². The smallest absolute Gasteiger partial charge is 0.174 e. The summed E-state index contributed by atoms with van der Waals surface area (Å²) in [5.41, 5.74) is 3.52. The highest BCUT2D eigenvalue weighted by molar-refractivity contribution is 5.85. The Bertz CT molecular complexity index is 716. The summed E-state index contributed by atoms with van der Waals surface area (Å²) in [5.74, 6) is 1.39. The first-order valence-electron chi connectivity index (χ1n) is 11.3. The van der Waals surface area contributed by atoms with Crippen LogP contribution in [0, 0.1) is 22.2 Å². The Morgan fingerprint density at radius 1 is 1.07 bits per heavy atom. The van der Waals surface area contributed by atoms with Crippen molar-refractivity contribution in [3.8, 4) is 11.8 Å². The van der Waals surface area contributed by atoms with Gasteiger partial charge < -0.3 is 9.64 Å². The van der Waals surface area contributed by atoms with Crippen LogP contribution < -0.4 is 9.64 Å². The zero-order chi connectivity index (χ0) is 21.1. The monoisotopic (exact) mass is 433 g/mol. The molecule has 3 rings (SSSR count). The lowest BCUT2D eigenvalue weighted by molar-refractivity contribution is 0.0969. The predicted molar refractivity (Wildman–Crippen MR) is 128 cm³/mol. The molecule has 0 atom stereocenters. The number of hydrogen-bond acceptors (Lipinski definition) is 4. The van der Waals surface area contributed by atoms with Gasteiger partial charge in [-0.05, 0) is 60.6 Å². The SMILES string of the molecule is CCCN1CCN(c2cc(OCC#N)ccc2C2CC(C)(C)CC(C)(C)C2)CC1.Cl. The molecular weight excluding hydrogens is 394 g/mol. The number of ether oxygens (including phenoxy) is 1. The summed E-state index contributed by atoms with van der Waals surface area (Å²) in [7, 11) is 0. The second-order valence-corrected chi connectivity index (χ2v) is 10.6. The summed E-state index contributed by atoms with van der Waals surface area (Å²) in [5, 5.41) is 8.91. The van der Waals surface area contributed by atoms with Gasteiger partial charge in [-0.15, -0.1) is 12.4 Å². The summed E-state index contributed by atoms with van der Waals surface area (Å²) in [6.45, 7) is 17.6. The fraction of sp³-hybridized carbons (Fsp3) is 0.720. The fourth-order valence-electron chi connectivity index (χ4n) is 5.94. The zero-order valence-corrected chi connectivity index (χ0v) is 20.4. The third-order valence-corrected chi connectivity index (χ3v) is 6.55.